The Kier molecular flexibility index (Phi) is 6.50. The number of ether oxygens (including phenoxy) is 1. The molecule has 3 aliphatic rings. The van der Waals surface area contributed by atoms with Crippen molar-refractivity contribution in [2.75, 3.05) is 19.7 Å². The Labute approximate surface area is 205 Å². The van der Waals surface area contributed by atoms with E-state index >= 15 is 0 Å². The zero-order chi connectivity index (χ0) is 24.4. The molecule has 2 fully saturated rings. The zero-order valence-electron chi connectivity index (χ0n) is 19.9. The van der Waals surface area contributed by atoms with Crippen LogP contribution in [0.4, 0.5) is 4.79 Å². The first kappa shape index (κ1) is 23.4. The van der Waals surface area contributed by atoms with Gasteiger partial charge in [-0.05, 0) is 47.9 Å². The first-order valence-corrected chi connectivity index (χ1v) is 12.6. The van der Waals surface area contributed by atoms with Gasteiger partial charge in [0.1, 0.15) is 6.61 Å². The number of nitrogens with one attached hydrogen (secondary N) is 1. The summed E-state index contributed by atoms with van der Waals surface area (Å²) in [6.07, 6.45) is 4.24. The van der Waals surface area contributed by atoms with Crippen molar-refractivity contribution in [3.05, 3.63) is 59.7 Å². The van der Waals surface area contributed by atoms with Crippen molar-refractivity contribution in [2.24, 2.45) is 5.41 Å². The van der Waals surface area contributed by atoms with Gasteiger partial charge >= 0.3 is 12.1 Å². The number of nitrogens with zero attached hydrogens (tertiary/aromatic N) is 1. The van der Waals surface area contributed by atoms with Crippen molar-refractivity contribution in [1.82, 2.24) is 10.2 Å². The third-order valence-corrected chi connectivity index (χ3v) is 7.98. The molecule has 1 saturated carbocycles. The summed E-state index contributed by atoms with van der Waals surface area (Å²) in [7, 11) is 0. The highest BCUT2D eigenvalue weighted by atomic mass is 16.5. The van der Waals surface area contributed by atoms with E-state index in [1.807, 2.05) is 24.3 Å². The molecule has 2 aromatic rings. The van der Waals surface area contributed by atoms with Crippen LogP contribution in [0.1, 0.15) is 62.0 Å². The lowest BCUT2D eigenvalue weighted by molar-refractivity contribution is -0.145. The number of rotatable bonds is 7. The number of carbonyl (C=O) groups is 3. The second-order valence-corrected chi connectivity index (χ2v) is 10.1. The van der Waals surface area contributed by atoms with Crippen molar-refractivity contribution in [3.8, 4) is 11.1 Å². The zero-order valence-corrected chi connectivity index (χ0v) is 19.9. The van der Waals surface area contributed by atoms with Crippen LogP contribution < -0.4 is 5.32 Å². The summed E-state index contributed by atoms with van der Waals surface area (Å²) in [5.41, 5.74) is 3.99. The van der Waals surface area contributed by atoms with Crippen LogP contribution in [0.3, 0.4) is 0 Å². The molecule has 184 valence electrons. The molecule has 2 aliphatic carbocycles. The van der Waals surface area contributed by atoms with Gasteiger partial charge in [0, 0.05) is 25.0 Å². The summed E-state index contributed by atoms with van der Waals surface area (Å²) in [5.74, 6) is -0.916. The van der Waals surface area contributed by atoms with Crippen molar-refractivity contribution < 1.29 is 24.2 Å². The van der Waals surface area contributed by atoms with E-state index < -0.39 is 17.5 Å². The van der Waals surface area contributed by atoms with Gasteiger partial charge in [0.25, 0.3) is 0 Å². The van der Waals surface area contributed by atoms with Crippen molar-refractivity contribution in [1.29, 1.82) is 0 Å². The van der Waals surface area contributed by atoms with Gasteiger partial charge in [-0.2, -0.15) is 0 Å². The number of hydrogen-bond donors (Lipinski definition) is 2. The highest BCUT2D eigenvalue weighted by Gasteiger charge is 2.46. The monoisotopic (exact) mass is 476 g/mol. The third-order valence-electron chi connectivity index (χ3n) is 7.98. The number of amides is 2. The minimum Gasteiger partial charge on any atom is -0.481 e. The van der Waals surface area contributed by atoms with E-state index in [4.69, 9.17) is 4.74 Å². The maximum absolute atomic E-state index is 13.6. The molecule has 1 heterocycles. The lowest BCUT2D eigenvalue weighted by Gasteiger charge is -2.35. The maximum atomic E-state index is 13.6. The van der Waals surface area contributed by atoms with Gasteiger partial charge in [-0.1, -0.05) is 61.4 Å². The molecule has 7 nitrogen and oxygen atoms in total. The number of carbonyl (C=O) groups excluding carboxylic acids is 2. The third kappa shape index (κ3) is 4.51. The number of fused-ring (bicyclic) bond motifs is 3. The van der Waals surface area contributed by atoms with Gasteiger partial charge in [0.05, 0.1) is 11.8 Å². The lowest BCUT2D eigenvalue weighted by Crippen LogP contribution is -2.50. The Balaban J connectivity index is 1.22. The Bertz CT molecular complexity index is 1080. The number of hydrogen-bond acceptors (Lipinski definition) is 4. The van der Waals surface area contributed by atoms with E-state index in [1.165, 1.54) is 11.1 Å². The summed E-state index contributed by atoms with van der Waals surface area (Å²) in [4.78, 5) is 39.3. The summed E-state index contributed by atoms with van der Waals surface area (Å²) in [6.45, 7) is 1.04. The van der Waals surface area contributed by atoms with Crippen LogP contribution in [0.5, 0.6) is 0 Å². The van der Waals surface area contributed by atoms with Crippen LogP contribution in [0.25, 0.3) is 11.1 Å². The van der Waals surface area contributed by atoms with Crippen molar-refractivity contribution in [2.45, 2.75) is 56.9 Å². The molecule has 1 aliphatic heterocycles. The molecular weight excluding hydrogens is 444 g/mol. The minimum atomic E-state index is -0.882. The number of carboxylic acid groups (broad SMARTS) is 1. The number of benzene rings is 2. The molecule has 2 aromatic carbocycles. The van der Waals surface area contributed by atoms with Gasteiger partial charge in [-0.15, -0.1) is 0 Å². The van der Waals surface area contributed by atoms with E-state index in [0.717, 1.165) is 30.4 Å². The van der Waals surface area contributed by atoms with Crippen molar-refractivity contribution >= 4 is 18.0 Å². The van der Waals surface area contributed by atoms with Crippen LogP contribution in [0.2, 0.25) is 0 Å². The molecule has 1 unspecified atom stereocenters. The standard InChI is InChI=1S/C28H32N2O5/c31-25(32)16-19-8-7-15-30(19)26(33)28(13-5-6-14-28)18-29-27(34)35-17-24-22-11-3-1-9-20(22)21-10-2-4-12-23(21)24/h1-4,9-12,19,24H,5-8,13-18H2,(H,29,34)(H,31,32). The second-order valence-electron chi connectivity index (χ2n) is 10.1. The Morgan fingerprint density at radius 1 is 0.971 bits per heavy atom. The van der Waals surface area contributed by atoms with Crippen LogP contribution in [-0.2, 0) is 14.3 Å². The van der Waals surface area contributed by atoms with E-state index in [0.29, 0.717) is 25.8 Å². The fraction of sp³-hybridized carbons (Fsp3) is 0.464. The minimum absolute atomic E-state index is 0.0160. The molecule has 0 radical (unpaired) electrons. The molecule has 1 atom stereocenters. The van der Waals surface area contributed by atoms with Gasteiger partial charge in [-0.3, -0.25) is 9.59 Å². The highest BCUT2D eigenvalue weighted by molar-refractivity contribution is 5.85. The molecule has 2 amide bonds. The molecule has 1 saturated heterocycles. The van der Waals surface area contributed by atoms with Gasteiger partial charge in [0.2, 0.25) is 5.91 Å². The Hall–Kier alpha value is -3.35. The first-order chi connectivity index (χ1) is 17.0. The van der Waals surface area contributed by atoms with E-state index in [-0.39, 0.29) is 37.4 Å². The van der Waals surface area contributed by atoms with E-state index in [9.17, 15) is 19.5 Å². The topological polar surface area (TPSA) is 95.9 Å². The predicted octanol–water partition coefficient (Wildman–Crippen LogP) is 4.55. The molecule has 35 heavy (non-hydrogen) atoms. The largest absolute Gasteiger partial charge is 0.481 e. The summed E-state index contributed by atoms with van der Waals surface area (Å²) >= 11 is 0. The number of aliphatic carboxylic acids is 1. The van der Waals surface area contributed by atoms with Gasteiger partial charge in [0.15, 0.2) is 0 Å². The van der Waals surface area contributed by atoms with Crippen LogP contribution in [0.15, 0.2) is 48.5 Å². The fourth-order valence-corrected chi connectivity index (χ4v) is 6.23. The molecule has 2 N–H and O–H groups in total. The van der Waals surface area contributed by atoms with Crippen molar-refractivity contribution in [3.63, 3.8) is 0 Å². The Morgan fingerprint density at radius 2 is 1.60 bits per heavy atom. The lowest BCUT2D eigenvalue weighted by atomic mass is 9.84. The summed E-state index contributed by atoms with van der Waals surface area (Å²) < 4.78 is 5.67. The van der Waals surface area contributed by atoms with Crippen LogP contribution in [0, 0.1) is 5.41 Å². The van der Waals surface area contributed by atoms with Gasteiger partial charge in [-0.25, -0.2) is 4.79 Å². The summed E-state index contributed by atoms with van der Waals surface area (Å²) in [5, 5.41) is 12.1. The molecular formula is C28H32N2O5. The average molecular weight is 477 g/mol. The fourth-order valence-electron chi connectivity index (χ4n) is 6.23. The van der Waals surface area contributed by atoms with E-state index in [1.54, 1.807) is 4.90 Å². The SMILES string of the molecule is O=C(O)CC1CCCN1C(=O)C1(CNC(=O)OCC2c3ccccc3-c3ccccc32)CCCC1. The van der Waals surface area contributed by atoms with Crippen LogP contribution in [-0.4, -0.2) is 53.7 Å². The highest BCUT2D eigenvalue weighted by Crippen LogP contribution is 2.45. The summed E-state index contributed by atoms with van der Waals surface area (Å²) in [6, 6.07) is 16.1. The molecule has 5 rings (SSSR count). The smallest absolute Gasteiger partial charge is 0.407 e. The van der Waals surface area contributed by atoms with Crippen LogP contribution >= 0.6 is 0 Å². The molecule has 0 spiro atoms. The maximum Gasteiger partial charge on any atom is 0.407 e. The number of alkyl carbamates (subject to hydrolysis) is 1. The van der Waals surface area contributed by atoms with E-state index in [2.05, 4.69) is 29.6 Å². The predicted molar refractivity (Wildman–Crippen MR) is 131 cm³/mol. The second kappa shape index (κ2) is 9.72. The first-order valence-electron chi connectivity index (χ1n) is 12.6. The van der Waals surface area contributed by atoms with Gasteiger partial charge < -0.3 is 20.1 Å². The Morgan fingerprint density at radius 3 is 2.23 bits per heavy atom. The number of carboxylic acids is 1. The normalized spacial score (nSPS) is 20.3. The quantitative estimate of drug-likeness (QED) is 0.611. The molecule has 7 heteroatoms. The number of likely N-dealkylation sites (tertiary alicyclic amines) is 1. The molecule has 0 bridgehead atoms. The molecule has 0 aromatic heterocycles. The average Bonchev–Trinajstić information content (AvgIpc) is 3.59.